The van der Waals surface area contributed by atoms with Gasteiger partial charge in [0.1, 0.15) is 5.01 Å². The summed E-state index contributed by atoms with van der Waals surface area (Å²) in [5.41, 5.74) is 1.07. The molecule has 0 unspecified atom stereocenters. The summed E-state index contributed by atoms with van der Waals surface area (Å²) in [5.74, 6) is -0.919. The molecule has 0 bridgehead atoms. The average Bonchev–Trinajstić information content (AvgIpc) is 2.79. The zero-order valence-electron chi connectivity index (χ0n) is 8.38. The van der Waals surface area contributed by atoms with Gasteiger partial charge in [-0.15, -0.1) is 11.3 Å². The Morgan fingerprint density at radius 1 is 1.50 bits per heavy atom. The van der Waals surface area contributed by atoms with Gasteiger partial charge in [0.15, 0.2) is 0 Å². The van der Waals surface area contributed by atoms with Gasteiger partial charge >= 0.3 is 5.97 Å². The number of hydrogen-bond acceptors (Lipinski definition) is 4. The van der Waals surface area contributed by atoms with E-state index in [9.17, 15) is 4.79 Å². The number of aromatic nitrogens is 1. The molecule has 0 radical (unpaired) electrons. The molecule has 0 spiro atoms. The highest BCUT2D eigenvalue weighted by molar-refractivity contribution is 7.09. The standard InChI is InChI=1S/C11H10N2O2S/c14-11(15)8-2-1-3-9(6-8)13-7-10-12-4-5-16-10/h1-6,13H,7H2,(H,14,15). The van der Waals surface area contributed by atoms with Gasteiger partial charge < -0.3 is 10.4 Å². The van der Waals surface area contributed by atoms with Crippen molar-refractivity contribution in [2.24, 2.45) is 0 Å². The van der Waals surface area contributed by atoms with Crippen molar-refractivity contribution in [2.45, 2.75) is 6.54 Å². The molecule has 82 valence electrons. The van der Waals surface area contributed by atoms with Crippen LogP contribution in [-0.2, 0) is 6.54 Å². The second-order valence-electron chi connectivity index (χ2n) is 3.17. The van der Waals surface area contributed by atoms with Crippen molar-refractivity contribution in [1.82, 2.24) is 4.98 Å². The first-order valence-electron chi connectivity index (χ1n) is 4.71. The molecular weight excluding hydrogens is 224 g/mol. The van der Waals surface area contributed by atoms with E-state index in [1.54, 1.807) is 35.7 Å². The van der Waals surface area contributed by atoms with Crippen LogP contribution < -0.4 is 5.32 Å². The van der Waals surface area contributed by atoms with Crippen LogP contribution in [-0.4, -0.2) is 16.1 Å². The summed E-state index contributed by atoms with van der Waals surface area (Å²) in [6.45, 7) is 0.612. The van der Waals surface area contributed by atoms with Crippen LogP contribution in [0.1, 0.15) is 15.4 Å². The number of benzene rings is 1. The molecule has 2 N–H and O–H groups in total. The van der Waals surface area contributed by atoms with Gasteiger partial charge in [-0.3, -0.25) is 0 Å². The van der Waals surface area contributed by atoms with Crippen molar-refractivity contribution < 1.29 is 9.90 Å². The van der Waals surface area contributed by atoms with E-state index >= 15 is 0 Å². The fourth-order valence-corrected chi connectivity index (χ4v) is 1.84. The van der Waals surface area contributed by atoms with Gasteiger partial charge in [0.2, 0.25) is 0 Å². The first kappa shape index (κ1) is 10.6. The summed E-state index contributed by atoms with van der Waals surface area (Å²) < 4.78 is 0. The molecule has 16 heavy (non-hydrogen) atoms. The van der Waals surface area contributed by atoms with Crippen molar-refractivity contribution in [3.63, 3.8) is 0 Å². The monoisotopic (exact) mass is 234 g/mol. The van der Waals surface area contributed by atoms with E-state index in [0.717, 1.165) is 10.7 Å². The van der Waals surface area contributed by atoms with Crippen LogP contribution >= 0.6 is 11.3 Å². The molecule has 0 aliphatic heterocycles. The van der Waals surface area contributed by atoms with Crippen molar-refractivity contribution >= 4 is 23.0 Å². The van der Waals surface area contributed by atoms with Crippen LogP contribution in [0.15, 0.2) is 35.8 Å². The number of anilines is 1. The molecule has 0 amide bonds. The maximum absolute atomic E-state index is 10.7. The molecule has 5 heteroatoms. The molecule has 0 saturated heterocycles. The lowest BCUT2D eigenvalue weighted by molar-refractivity contribution is 0.0697. The van der Waals surface area contributed by atoms with E-state index in [-0.39, 0.29) is 5.56 Å². The van der Waals surface area contributed by atoms with Gasteiger partial charge in [-0.2, -0.15) is 0 Å². The minimum Gasteiger partial charge on any atom is -0.478 e. The van der Waals surface area contributed by atoms with Crippen LogP contribution in [0, 0.1) is 0 Å². The fraction of sp³-hybridized carbons (Fsp3) is 0.0909. The molecule has 1 aromatic carbocycles. The predicted octanol–water partition coefficient (Wildman–Crippen LogP) is 2.45. The van der Waals surface area contributed by atoms with Gasteiger partial charge in [0.05, 0.1) is 12.1 Å². The Morgan fingerprint density at radius 3 is 3.06 bits per heavy atom. The van der Waals surface area contributed by atoms with E-state index in [1.807, 2.05) is 11.4 Å². The summed E-state index contributed by atoms with van der Waals surface area (Å²) in [6.07, 6.45) is 1.75. The summed E-state index contributed by atoms with van der Waals surface area (Å²) in [5, 5.41) is 14.8. The highest BCUT2D eigenvalue weighted by Gasteiger charge is 2.03. The van der Waals surface area contributed by atoms with E-state index in [0.29, 0.717) is 6.54 Å². The van der Waals surface area contributed by atoms with Crippen molar-refractivity contribution in [3.8, 4) is 0 Å². The van der Waals surface area contributed by atoms with Crippen LogP contribution in [0.5, 0.6) is 0 Å². The van der Waals surface area contributed by atoms with E-state index in [1.165, 1.54) is 0 Å². The summed E-state index contributed by atoms with van der Waals surface area (Å²) in [7, 11) is 0. The number of thiazole rings is 1. The van der Waals surface area contributed by atoms with Crippen LogP contribution in [0.4, 0.5) is 5.69 Å². The van der Waals surface area contributed by atoms with Crippen LogP contribution in [0.25, 0.3) is 0 Å². The quantitative estimate of drug-likeness (QED) is 0.853. The molecule has 0 saturated carbocycles. The van der Waals surface area contributed by atoms with Crippen molar-refractivity contribution in [1.29, 1.82) is 0 Å². The molecule has 1 aromatic heterocycles. The zero-order chi connectivity index (χ0) is 11.4. The molecule has 0 aliphatic rings. The number of nitrogens with zero attached hydrogens (tertiary/aromatic N) is 1. The molecule has 4 nitrogen and oxygen atoms in total. The number of carboxylic acids is 1. The first-order valence-corrected chi connectivity index (χ1v) is 5.59. The largest absolute Gasteiger partial charge is 0.478 e. The van der Waals surface area contributed by atoms with E-state index in [4.69, 9.17) is 5.11 Å². The number of nitrogens with one attached hydrogen (secondary N) is 1. The Balaban J connectivity index is 2.04. The number of rotatable bonds is 4. The summed E-state index contributed by atoms with van der Waals surface area (Å²) in [6, 6.07) is 6.72. The molecular formula is C11H10N2O2S. The Bertz CT molecular complexity index is 482. The molecule has 2 rings (SSSR count). The average molecular weight is 234 g/mol. The van der Waals surface area contributed by atoms with Gasteiger partial charge in [-0.25, -0.2) is 9.78 Å². The molecule has 1 heterocycles. The number of carbonyl (C=O) groups is 1. The second kappa shape index (κ2) is 4.76. The van der Waals surface area contributed by atoms with E-state index < -0.39 is 5.97 Å². The summed E-state index contributed by atoms with van der Waals surface area (Å²) >= 11 is 1.56. The van der Waals surface area contributed by atoms with Gasteiger partial charge in [0.25, 0.3) is 0 Å². The Hall–Kier alpha value is -1.88. The maximum atomic E-state index is 10.7. The minimum absolute atomic E-state index is 0.282. The molecule has 0 aliphatic carbocycles. The number of aromatic carboxylic acids is 1. The highest BCUT2D eigenvalue weighted by atomic mass is 32.1. The Labute approximate surface area is 96.6 Å². The van der Waals surface area contributed by atoms with Crippen LogP contribution in [0.3, 0.4) is 0 Å². The topological polar surface area (TPSA) is 62.2 Å². The Morgan fingerprint density at radius 2 is 2.38 bits per heavy atom. The van der Waals surface area contributed by atoms with Gasteiger partial charge in [-0.05, 0) is 18.2 Å². The molecule has 2 aromatic rings. The molecule has 0 atom stereocenters. The minimum atomic E-state index is -0.919. The maximum Gasteiger partial charge on any atom is 0.335 e. The predicted molar refractivity (Wildman–Crippen MR) is 62.8 cm³/mol. The van der Waals surface area contributed by atoms with E-state index in [2.05, 4.69) is 10.3 Å². The SMILES string of the molecule is O=C(O)c1cccc(NCc2nccs2)c1. The lowest BCUT2D eigenvalue weighted by Gasteiger charge is -2.04. The number of hydrogen-bond donors (Lipinski definition) is 2. The lowest BCUT2D eigenvalue weighted by Crippen LogP contribution is -2.01. The van der Waals surface area contributed by atoms with Crippen LogP contribution in [0.2, 0.25) is 0 Å². The normalized spacial score (nSPS) is 10.0. The third-order valence-electron chi connectivity index (χ3n) is 2.04. The summed E-state index contributed by atoms with van der Waals surface area (Å²) in [4.78, 5) is 14.9. The second-order valence-corrected chi connectivity index (χ2v) is 4.14. The third-order valence-corrected chi connectivity index (χ3v) is 2.82. The van der Waals surface area contributed by atoms with Crippen molar-refractivity contribution in [3.05, 3.63) is 46.4 Å². The number of carboxylic acid groups (broad SMARTS) is 1. The molecule has 0 fully saturated rings. The highest BCUT2D eigenvalue weighted by Crippen LogP contribution is 2.13. The van der Waals surface area contributed by atoms with Gasteiger partial charge in [-0.1, -0.05) is 6.07 Å². The zero-order valence-corrected chi connectivity index (χ0v) is 9.20. The third kappa shape index (κ3) is 2.58. The Kier molecular flexibility index (Phi) is 3.16. The first-order chi connectivity index (χ1) is 7.75. The smallest absolute Gasteiger partial charge is 0.335 e. The fourth-order valence-electron chi connectivity index (χ4n) is 1.28. The van der Waals surface area contributed by atoms with Crippen molar-refractivity contribution in [2.75, 3.05) is 5.32 Å². The lowest BCUT2D eigenvalue weighted by atomic mass is 10.2. The van der Waals surface area contributed by atoms with Gasteiger partial charge in [0, 0.05) is 17.3 Å².